The number of nitrogens with one attached hydrogen (secondary N) is 1. The molecule has 0 fully saturated rings. The summed E-state index contributed by atoms with van der Waals surface area (Å²) >= 11 is 0. The smallest absolute Gasteiger partial charge is 0.271 e. The molecule has 1 heterocycles. The molecular weight excluding hydrogens is 192 g/mol. The molecular formula is C10H10N4O. The number of carbonyl (C=O) groups excluding carboxylic acids is 1. The number of amides is 1. The summed E-state index contributed by atoms with van der Waals surface area (Å²) in [6.45, 7) is 1.94. The van der Waals surface area contributed by atoms with Crippen LogP contribution in [0.5, 0.6) is 0 Å². The molecule has 0 atom stereocenters. The van der Waals surface area contributed by atoms with Crippen LogP contribution in [0.4, 0.5) is 0 Å². The molecule has 2 aromatic rings. The molecule has 0 saturated heterocycles. The number of carbonyl (C=O) groups is 1. The second kappa shape index (κ2) is 3.53. The van der Waals surface area contributed by atoms with Gasteiger partial charge in [-0.25, -0.2) is 0 Å². The lowest BCUT2D eigenvalue weighted by molar-refractivity contribution is 0.0996. The minimum Gasteiger partial charge on any atom is -0.364 e. The third kappa shape index (κ3) is 1.59. The summed E-state index contributed by atoms with van der Waals surface area (Å²) in [5.74, 6) is -0.581. The molecule has 1 amide bonds. The third-order valence-electron chi connectivity index (χ3n) is 2.18. The Bertz CT molecular complexity index is 504. The quantitative estimate of drug-likeness (QED) is 0.758. The first-order chi connectivity index (χ1) is 7.20. The van der Waals surface area contributed by atoms with E-state index in [-0.39, 0.29) is 5.69 Å². The molecule has 0 radical (unpaired) electrons. The Morgan fingerprint density at radius 1 is 1.33 bits per heavy atom. The summed E-state index contributed by atoms with van der Waals surface area (Å²) < 4.78 is 0. The number of primary amides is 1. The first kappa shape index (κ1) is 9.39. The van der Waals surface area contributed by atoms with Gasteiger partial charge in [0.2, 0.25) is 0 Å². The summed E-state index contributed by atoms with van der Waals surface area (Å²) in [6, 6.07) is 7.61. The average Bonchev–Trinajstić information content (AvgIpc) is 2.67. The van der Waals surface area contributed by atoms with Gasteiger partial charge < -0.3 is 5.73 Å². The zero-order chi connectivity index (χ0) is 10.8. The summed E-state index contributed by atoms with van der Waals surface area (Å²) in [5.41, 5.74) is 7.74. The van der Waals surface area contributed by atoms with E-state index in [0.717, 1.165) is 11.1 Å². The van der Waals surface area contributed by atoms with Crippen molar-refractivity contribution in [2.24, 2.45) is 5.73 Å². The number of hydrogen-bond acceptors (Lipinski definition) is 3. The fraction of sp³-hybridized carbons (Fsp3) is 0.100. The van der Waals surface area contributed by atoms with E-state index in [1.807, 2.05) is 31.2 Å². The van der Waals surface area contributed by atoms with Gasteiger partial charge in [0, 0.05) is 5.56 Å². The number of aromatic amines is 1. The number of aryl methyl sites for hydroxylation is 1. The predicted octanol–water partition coefficient (Wildman–Crippen LogP) is 0.879. The van der Waals surface area contributed by atoms with Crippen molar-refractivity contribution in [3.05, 3.63) is 35.5 Å². The number of aromatic nitrogens is 3. The molecule has 5 nitrogen and oxygen atoms in total. The Morgan fingerprint density at radius 3 is 2.73 bits per heavy atom. The Labute approximate surface area is 86.3 Å². The number of nitrogens with zero attached hydrogens (tertiary/aromatic N) is 2. The van der Waals surface area contributed by atoms with E-state index in [1.165, 1.54) is 0 Å². The fourth-order valence-electron chi connectivity index (χ4n) is 1.43. The molecule has 3 N–H and O–H groups in total. The van der Waals surface area contributed by atoms with Crippen LogP contribution in [-0.4, -0.2) is 21.3 Å². The van der Waals surface area contributed by atoms with Gasteiger partial charge in [0.15, 0.2) is 5.69 Å². The highest BCUT2D eigenvalue weighted by atomic mass is 16.1. The van der Waals surface area contributed by atoms with Crippen molar-refractivity contribution in [1.82, 2.24) is 15.4 Å². The molecule has 0 saturated carbocycles. The molecule has 1 aromatic carbocycles. The van der Waals surface area contributed by atoms with E-state index in [1.54, 1.807) is 0 Å². The topological polar surface area (TPSA) is 84.7 Å². The van der Waals surface area contributed by atoms with Crippen LogP contribution in [-0.2, 0) is 0 Å². The number of rotatable bonds is 2. The van der Waals surface area contributed by atoms with E-state index in [0.29, 0.717) is 5.69 Å². The number of hydrogen-bond donors (Lipinski definition) is 2. The molecule has 1 aromatic heterocycles. The molecule has 0 aliphatic rings. The Morgan fingerprint density at radius 2 is 2.07 bits per heavy atom. The Balaban J connectivity index is 2.59. The van der Waals surface area contributed by atoms with Crippen molar-refractivity contribution in [3.63, 3.8) is 0 Å². The standard InChI is InChI=1S/C10H10N4O/c1-6-4-2-3-5-7(6)8-9(10(11)15)13-14-12-8/h2-5H,1H3,(H2,11,15)(H,12,13,14). The van der Waals surface area contributed by atoms with Crippen LogP contribution in [0.25, 0.3) is 11.3 Å². The van der Waals surface area contributed by atoms with Gasteiger partial charge in [0.05, 0.1) is 0 Å². The molecule has 2 rings (SSSR count). The van der Waals surface area contributed by atoms with Crippen LogP contribution in [0.15, 0.2) is 24.3 Å². The highest BCUT2D eigenvalue weighted by molar-refractivity contribution is 5.96. The van der Waals surface area contributed by atoms with Crippen LogP contribution in [0.2, 0.25) is 0 Å². The van der Waals surface area contributed by atoms with E-state index < -0.39 is 5.91 Å². The maximum absolute atomic E-state index is 11.1. The highest BCUT2D eigenvalue weighted by Crippen LogP contribution is 2.22. The second-order valence-electron chi connectivity index (χ2n) is 3.20. The van der Waals surface area contributed by atoms with Gasteiger partial charge in [-0.15, -0.1) is 0 Å². The van der Waals surface area contributed by atoms with Gasteiger partial charge >= 0.3 is 0 Å². The fourth-order valence-corrected chi connectivity index (χ4v) is 1.43. The number of nitrogens with two attached hydrogens (primary N) is 1. The monoisotopic (exact) mass is 202 g/mol. The van der Waals surface area contributed by atoms with Gasteiger partial charge in [-0.05, 0) is 12.5 Å². The molecule has 15 heavy (non-hydrogen) atoms. The maximum Gasteiger partial charge on any atom is 0.271 e. The molecule has 0 spiro atoms. The van der Waals surface area contributed by atoms with Crippen LogP contribution in [0, 0.1) is 6.92 Å². The van der Waals surface area contributed by atoms with E-state index in [9.17, 15) is 4.79 Å². The lowest BCUT2D eigenvalue weighted by Crippen LogP contribution is -2.12. The van der Waals surface area contributed by atoms with Crippen molar-refractivity contribution in [2.45, 2.75) is 6.92 Å². The van der Waals surface area contributed by atoms with Crippen molar-refractivity contribution < 1.29 is 4.79 Å². The highest BCUT2D eigenvalue weighted by Gasteiger charge is 2.15. The maximum atomic E-state index is 11.1. The van der Waals surface area contributed by atoms with Crippen molar-refractivity contribution in [1.29, 1.82) is 0 Å². The molecule has 76 valence electrons. The van der Waals surface area contributed by atoms with Crippen molar-refractivity contribution in [3.8, 4) is 11.3 Å². The normalized spacial score (nSPS) is 10.2. The zero-order valence-electron chi connectivity index (χ0n) is 8.19. The molecule has 0 aliphatic heterocycles. The van der Waals surface area contributed by atoms with E-state index >= 15 is 0 Å². The van der Waals surface area contributed by atoms with Gasteiger partial charge in [-0.1, -0.05) is 24.3 Å². The summed E-state index contributed by atoms with van der Waals surface area (Å²) in [5, 5.41) is 10.1. The summed E-state index contributed by atoms with van der Waals surface area (Å²) in [7, 11) is 0. The first-order valence-corrected chi connectivity index (χ1v) is 4.46. The van der Waals surface area contributed by atoms with Gasteiger partial charge in [-0.2, -0.15) is 15.4 Å². The average molecular weight is 202 g/mol. The molecule has 0 unspecified atom stereocenters. The molecule has 5 heteroatoms. The number of benzene rings is 1. The molecule has 0 bridgehead atoms. The Hall–Kier alpha value is -2.17. The van der Waals surface area contributed by atoms with E-state index in [4.69, 9.17) is 5.73 Å². The van der Waals surface area contributed by atoms with Crippen LogP contribution >= 0.6 is 0 Å². The van der Waals surface area contributed by atoms with Gasteiger partial charge in [0.1, 0.15) is 5.69 Å². The Kier molecular flexibility index (Phi) is 2.21. The first-order valence-electron chi connectivity index (χ1n) is 4.46. The third-order valence-corrected chi connectivity index (χ3v) is 2.18. The minimum absolute atomic E-state index is 0.171. The van der Waals surface area contributed by atoms with Crippen molar-refractivity contribution >= 4 is 5.91 Å². The van der Waals surface area contributed by atoms with Gasteiger partial charge in [0.25, 0.3) is 5.91 Å². The summed E-state index contributed by atoms with van der Waals surface area (Å²) in [6.07, 6.45) is 0. The molecule has 0 aliphatic carbocycles. The largest absolute Gasteiger partial charge is 0.364 e. The number of H-pyrrole nitrogens is 1. The van der Waals surface area contributed by atoms with Crippen LogP contribution < -0.4 is 5.73 Å². The lowest BCUT2D eigenvalue weighted by Gasteiger charge is -2.01. The second-order valence-corrected chi connectivity index (χ2v) is 3.20. The predicted molar refractivity (Wildman–Crippen MR) is 55.1 cm³/mol. The lowest BCUT2D eigenvalue weighted by atomic mass is 10.0. The van der Waals surface area contributed by atoms with Gasteiger partial charge in [-0.3, -0.25) is 4.79 Å². The zero-order valence-corrected chi connectivity index (χ0v) is 8.19. The SMILES string of the molecule is Cc1ccccc1-c1n[nH]nc1C(N)=O. The minimum atomic E-state index is -0.581. The van der Waals surface area contributed by atoms with Crippen molar-refractivity contribution in [2.75, 3.05) is 0 Å². The van der Waals surface area contributed by atoms with E-state index in [2.05, 4.69) is 15.4 Å². The van der Waals surface area contributed by atoms with Crippen LogP contribution in [0.1, 0.15) is 16.1 Å². The van der Waals surface area contributed by atoms with Crippen LogP contribution in [0.3, 0.4) is 0 Å². The summed E-state index contributed by atoms with van der Waals surface area (Å²) in [4.78, 5) is 11.1.